The SMILES string of the molecule is CCCC(C)(CO)C1(O)CCSC1. The van der Waals surface area contributed by atoms with Gasteiger partial charge in [-0.2, -0.15) is 11.8 Å². The van der Waals surface area contributed by atoms with Crippen molar-refractivity contribution in [3.8, 4) is 0 Å². The predicted molar refractivity (Wildman–Crippen MR) is 57.0 cm³/mol. The van der Waals surface area contributed by atoms with Gasteiger partial charge in [-0.05, 0) is 18.6 Å². The first-order chi connectivity index (χ1) is 6.08. The van der Waals surface area contributed by atoms with Crippen LogP contribution >= 0.6 is 11.8 Å². The van der Waals surface area contributed by atoms with Crippen LogP contribution in [0.5, 0.6) is 0 Å². The highest BCUT2D eigenvalue weighted by molar-refractivity contribution is 7.99. The van der Waals surface area contributed by atoms with Crippen LogP contribution in [0.15, 0.2) is 0 Å². The van der Waals surface area contributed by atoms with Gasteiger partial charge in [0.05, 0.1) is 12.2 Å². The summed E-state index contributed by atoms with van der Waals surface area (Å²) in [5.41, 5.74) is -0.937. The fraction of sp³-hybridized carbons (Fsp3) is 1.00. The number of rotatable bonds is 4. The lowest BCUT2D eigenvalue weighted by molar-refractivity contribution is -0.0858. The molecule has 1 fully saturated rings. The Kier molecular flexibility index (Phi) is 3.66. The minimum Gasteiger partial charge on any atom is -0.396 e. The molecule has 3 heteroatoms. The lowest BCUT2D eigenvalue weighted by atomic mass is 9.70. The van der Waals surface area contributed by atoms with Gasteiger partial charge in [0.15, 0.2) is 0 Å². The second-order valence-electron chi connectivity index (χ2n) is 4.30. The first-order valence-electron chi connectivity index (χ1n) is 4.99. The molecule has 2 N–H and O–H groups in total. The highest BCUT2D eigenvalue weighted by Gasteiger charge is 2.47. The van der Waals surface area contributed by atoms with E-state index in [-0.39, 0.29) is 12.0 Å². The van der Waals surface area contributed by atoms with Crippen molar-refractivity contribution >= 4 is 11.8 Å². The summed E-state index contributed by atoms with van der Waals surface area (Å²) in [7, 11) is 0. The molecular weight excluding hydrogens is 184 g/mol. The Labute approximate surface area is 84.7 Å². The summed E-state index contributed by atoms with van der Waals surface area (Å²) in [6.45, 7) is 4.19. The number of hydrogen-bond acceptors (Lipinski definition) is 3. The van der Waals surface area contributed by atoms with Crippen molar-refractivity contribution in [2.45, 2.75) is 38.7 Å². The summed E-state index contributed by atoms with van der Waals surface area (Å²) < 4.78 is 0. The Hall–Kier alpha value is 0.270. The molecular formula is C10H20O2S. The van der Waals surface area contributed by atoms with Crippen LogP contribution in [0.25, 0.3) is 0 Å². The molecule has 0 saturated carbocycles. The van der Waals surface area contributed by atoms with Gasteiger partial charge in [0.25, 0.3) is 0 Å². The van der Waals surface area contributed by atoms with E-state index >= 15 is 0 Å². The standard InChI is InChI=1S/C10H20O2S/c1-3-4-9(2,7-11)10(12)5-6-13-8-10/h11-12H,3-8H2,1-2H3. The number of aliphatic hydroxyl groups excluding tert-OH is 1. The molecule has 0 radical (unpaired) electrons. The molecule has 0 bridgehead atoms. The molecule has 0 spiro atoms. The Morgan fingerprint density at radius 3 is 2.62 bits per heavy atom. The lowest BCUT2D eigenvalue weighted by Gasteiger charge is -2.41. The maximum absolute atomic E-state index is 10.4. The highest BCUT2D eigenvalue weighted by Crippen LogP contribution is 2.44. The molecule has 2 unspecified atom stereocenters. The van der Waals surface area contributed by atoms with Gasteiger partial charge in [-0.1, -0.05) is 20.3 Å². The van der Waals surface area contributed by atoms with E-state index in [1.165, 1.54) is 0 Å². The number of thioether (sulfide) groups is 1. The average Bonchev–Trinajstić information content (AvgIpc) is 2.54. The van der Waals surface area contributed by atoms with Crippen LogP contribution in [0.4, 0.5) is 0 Å². The van der Waals surface area contributed by atoms with Gasteiger partial charge in [0.2, 0.25) is 0 Å². The first kappa shape index (κ1) is 11.3. The molecule has 1 heterocycles. The van der Waals surface area contributed by atoms with Gasteiger partial charge in [0, 0.05) is 11.2 Å². The topological polar surface area (TPSA) is 40.5 Å². The van der Waals surface area contributed by atoms with E-state index in [2.05, 4.69) is 6.92 Å². The Balaban J connectivity index is 2.73. The summed E-state index contributed by atoms with van der Waals surface area (Å²) in [6.07, 6.45) is 2.75. The van der Waals surface area contributed by atoms with Gasteiger partial charge in [-0.3, -0.25) is 0 Å². The average molecular weight is 204 g/mol. The molecule has 2 nitrogen and oxygen atoms in total. The minimum atomic E-state index is -0.636. The van der Waals surface area contributed by atoms with Gasteiger partial charge >= 0.3 is 0 Å². The largest absolute Gasteiger partial charge is 0.396 e. The maximum Gasteiger partial charge on any atom is 0.0820 e. The zero-order chi connectivity index (χ0) is 9.95. The third-order valence-electron chi connectivity index (χ3n) is 3.28. The summed E-state index contributed by atoms with van der Waals surface area (Å²) in [5, 5.41) is 19.7. The van der Waals surface area contributed by atoms with Crippen LogP contribution < -0.4 is 0 Å². The van der Waals surface area contributed by atoms with Crippen molar-refractivity contribution in [2.24, 2.45) is 5.41 Å². The van der Waals surface area contributed by atoms with Gasteiger partial charge in [-0.25, -0.2) is 0 Å². The van der Waals surface area contributed by atoms with E-state index in [0.29, 0.717) is 0 Å². The zero-order valence-electron chi connectivity index (χ0n) is 8.55. The monoisotopic (exact) mass is 204 g/mol. The molecule has 2 atom stereocenters. The third-order valence-corrected chi connectivity index (χ3v) is 4.45. The number of hydrogen-bond donors (Lipinski definition) is 2. The molecule has 0 aromatic carbocycles. The highest BCUT2D eigenvalue weighted by atomic mass is 32.2. The molecule has 0 aromatic rings. The third kappa shape index (κ3) is 2.03. The summed E-state index contributed by atoms with van der Waals surface area (Å²) in [5.74, 6) is 1.81. The molecule has 1 rings (SSSR count). The Morgan fingerprint density at radius 1 is 1.54 bits per heavy atom. The quantitative estimate of drug-likeness (QED) is 0.731. The van der Waals surface area contributed by atoms with E-state index in [1.807, 2.05) is 6.92 Å². The second-order valence-corrected chi connectivity index (χ2v) is 5.41. The van der Waals surface area contributed by atoms with Gasteiger partial charge < -0.3 is 10.2 Å². The Morgan fingerprint density at radius 2 is 2.23 bits per heavy atom. The van der Waals surface area contributed by atoms with Crippen LogP contribution in [0.3, 0.4) is 0 Å². The molecule has 78 valence electrons. The maximum atomic E-state index is 10.4. The zero-order valence-corrected chi connectivity index (χ0v) is 9.36. The van der Waals surface area contributed by atoms with E-state index in [1.54, 1.807) is 11.8 Å². The first-order valence-corrected chi connectivity index (χ1v) is 6.14. The molecule has 13 heavy (non-hydrogen) atoms. The second kappa shape index (κ2) is 4.20. The molecule has 0 aromatic heterocycles. The summed E-state index contributed by atoms with van der Waals surface area (Å²) >= 11 is 1.79. The van der Waals surface area contributed by atoms with Crippen LogP contribution in [-0.2, 0) is 0 Å². The van der Waals surface area contributed by atoms with Crippen LogP contribution in [0, 0.1) is 5.41 Å². The lowest BCUT2D eigenvalue weighted by Crippen LogP contribution is -2.49. The molecule has 0 amide bonds. The van der Waals surface area contributed by atoms with Crippen molar-refractivity contribution in [1.82, 2.24) is 0 Å². The smallest absolute Gasteiger partial charge is 0.0820 e. The van der Waals surface area contributed by atoms with E-state index in [9.17, 15) is 10.2 Å². The van der Waals surface area contributed by atoms with Crippen LogP contribution in [0.2, 0.25) is 0 Å². The van der Waals surface area contributed by atoms with Crippen molar-refractivity contribution < 1.29 is 10.2 Å². The predicted octanol–water partition coefficient (Wildman–Crippen LogP) is 1.65. The van der Waals surface area contributed by atoms with E-state index in [0.717, 1.165) is 30.8 Å². The summed E-state index contributed by atoms with van der Waals surface area (Å²) in [4.78, 5) is 0. The van der Waals surface area contributed by atoms with Crippen molar-refractivity contribution in [3.05, 3.63) is 0 Å². The minimum absolute atomic E-state index is 0.0951. The van der Waals surface area contributed by atoms with Crippen molar-refractivity contribution in [3.63, 3.8) is 0 Å². The molecule has 0 aliphatic carbocycles. The van der Waals surface area contributed by atoms with Gasteiger partial charge in [-0.15, -0.1) is 0 Å². The van der Waals surface area contributed by atoms with E-state index in [4.69, 9.17) is 0 Å². The van der Waals surface area contributed by atoms with Gasteiger partial charge in [0.1, 0.15) is 0 Å². The Bertz CT molecular complexity index is 166. The van der Waals surface area contributed by atoms with Crippen LogP contribution in [-0.4, -0.2) is 33.9 Å². The normalized spacial score (nSPS) is 33.2. The molecule has 1 aliphatic rings. The van der Waals surface area contributed by atoms with Crippen LogP contribution in [0.1, 0.15) is 33.1 Å². The number of aliphatic hydroxyl groups is 2. The van der Waals surface area contributed by atoms with Crippen molar-refractivity contribution in [1.29, 1.82) is 0 Å². The molecule has 1 saturated heterocycles. The summed E-state index contributed by atoms with van der Waals surface area (Å²) in [6, 6.07) is 0. The van der Waals surface area contributed by atoms with Crippen molar-refractivity contribution in [2.75, 3.05) is 18.1 Å². The fourth-order valence-electron chi connectivity index (χ4n) is 2.04. The fourth-order valence-corrected chi connectivity index (χ4v) is 3.50. The van der Waals surface area contributed by atoms with E-state index < -0.39 is 5.60 Å². The molecule has 1 aliphatic heterocycles.